The van der Waals surface area contributed by atoms with Crippen molar-refractivity contribution >= 4 is 27.1 Å². The van der Waals surface area contributed by atoms with Crippen LogP contribution in [0, 0.1) is 0 Å². The molecule has 2 aromatic carbocycles. The summed E-state index contributed by atoms with van der Waals surface area (Å²) >= 11 is 1.35. The van der Waals surface area contributed by atoms with Crippen LogP contribution in [0.3, 0.4) is 0 Å². The first kappa shape index (κ1) is 14.1. The fourth-order valence-corrected chi connectivity index (χ4v) is 3.84. The highest BCUT2D eigenvalue weighted by atomic mass is 32.1. The second kappa shape index (κ2) is 5.09. The molecule has 1 aromatic heterocycles. The molecule has 2 aliphatic rings. The molecule has 25 heavy (non-hydrogen) atoms. The van der Waals surface area contributed by atoms with Gasteiger partial charge >= 0.3 is 0 Å². The Hall–Kier alpha value is -3.32. The van der Waals surface area contributed by atoms with Gasteiger partial charge in [-0.15, -0.1) is 10.2 Å². The van der Waals surface area contributed by atoms with E-state index in [1.165, 1.54) is 11.3 Å². The van der Waals surface area contributed by atoms with Crippen LogP contribution in [0.2, 0.25) is 0 Å². The number of hydrogen-bond donors (Lipinski definition) is 1. The summed E-state index contributed by atoms with van der Waals surface area (Å²) in [5.41, 5.74) is 1.23. The molecular weight excluding hydrogens is 336 g/mol. The lowest BCUT2D eigenvalue weighted by Crippen LogP contribution is -2.05. The van der Waals surface area contributed by atoms with Crippen molar-refractivity contribution in [3.63, 3.8) is 0 Å². The molecule has 0 amide bonds. The van der Waals surface area contributed by atoms with E-state index in [1.54, 1.807) is 34.8 Å². The van der Waals surface area contributed by atoms with Crippen LogP contribution in [0.25, 0.3) is 37.7 Å². The number of aromatic nitrogens is 4. The van der Waals surface area contributed by atoms with Crippen molar-refractivity contribution < 1.29 is 5.11 Å². The lowest BCUT2D eigenvalue weighted by Gasteiger charge is -2.08. The number of aromatic hydroxyl groups is 1. The van der Waals surface area contributed by atoms with Crippen molar-refractivity contribution in [2.45, 2.75) is 0 Å². The van der Waals surface area contributed by atoms with Gasteiger partial charge in [-0.1, -0.05) is 47.7 Å². The molecule has 0 unspecified atom stereocenters. The molecule has 7 heteroatoms. The Morgan fingerprint density at radius 1 is 0.960 bits per heavy atom. The molecule has 0 atom stereocenters. The minimum Gasteiger partial charge on any atom is -0.507 e. The standard InChI is InChI=1S/C18H10N4O2S/c23-13-8-4-3-7-12(13)17-19-20-18-22(17)21-16-11-6-2-1-5-10(11)14(24)9-15(16)25-18/h1-9,23H. The first-order chi connectivity index (χ1) is 12.2. The predicted octanol–water partition coefficient (Wildman–Crippen LogP) is 3.18. The third kappa shape index (κ3) is 2.03. The highest BCUT2D eigenvalue weighted by Gasteiger charge is 2.18. The van der Waals surface area contributed by atoms with Gasteiger partial charge in [-0.05, 0) is 12.1 Å². The van der Waals surface area contributed by atoms with Gasteiger partial charge in [0, 0.05) is 16.8 Å². The van der Waals surface area contributed by atoms with Crippen molar-refractivity contribution in [2.24, 2.45) is 0 Å². The van der Waals surface area contributed by atoms with E-state index >= 15 is 0 Å². The van der Waals surface area contributed by atoms with E-state index in [0.29, 0.717) is 27.4 Å². The maximum atomic E-state index is 12.3. The highest BCUT2D eigenvalue weighted by molar-refractivity contribution is 7.20. The van der Waals surface area contributed by atoms with Gasteiger partial charge in [0.15, 0.2) is 11.3 Å². The smallest absolute Gasteiger partial charge is 0.233 e. The molecule has 0 saturated carbocycles. The zero-order valence-electron chi connectivity index (χ0n) is 12.7. The second-order valence-corrected chi connectivity index (χ2v) is 6.61. The zero-order chi connectivity index (χ0) is 17.0. The third-order valence-corrected chi connectivity index (χ3v) is 5.07. The summed E-state index contributed by atoms with van der Waals surface area (Å²) < 4.78 is 1.61. The number of fused-ring (bicyclic) bond motifs is 4. The Morgan fingerprint density at radius 3 is 2.56 bits per heavy atom. The van der Waals surface area contributed by atoms with Gasteiger partial charge in [-0.25, -0.2) is 0 Å². The Balaban J connectivity index is 1.92. The van der Waals surface area contributed by atoms with Crippen LogP contribution in [-0.2, 0) is 0 Å². The molecular formula is C18H10N4O2S. The highest BCUT2D eigenvalue weighted by Crippen LogP contribution is 2.33. The van der Waals surface area contributed by atoms with Crippen LogP contribution < -0.4 is 5.43 Å². The van der Waals surface area contributed by atoms with Crippen molar-refractivity contribution in [1.29, 1.82) is 0 Å². The second-order valence-electron chi connectivity index (χ2n) is 5.60. The van der Waals surface area contributed by atoms with Gasteiger partial charge in [0.2, 0.25) is 4.96 Å². The number of benzene rings is 3. The number of phenolic OH excluding ortho intramolecular Hbond substituents is 1. The predicted molar refractivity (Wildman–Crippen MR) is 96.2 cm³/mol. The quantitative estimate of drug-likeness (QED) is 0.472. The normalized spacial score (nSPS) is 11.5. The van der Waals surface area contributed by atoms with Gasteiger partial charge < -0.3 is 5.11 Å². The number of phenols is 1. The fraction of sp³-hybridized carbons (Fsp3) is 0. The van der Waals surface area contributed by atoms with Crippen LogP contribution in [0.4, 0.5) is 0 Å². The average molecular weight is 346 g/mol. The van der Waals surface area contributed by atoms with E-state index < -0.39 is 0 Å². The molecule has 1 N–H and O–H groups in total. The maximum Gasteiger partial charge on any atom is 0.233 e. The molecule has 1 aliphatic heterocycles. The minimum absolute atomic E-state index is 0.0362. The molecule has 120 valence electrons. The van der Waals surface area contributed by atoms with Gasteiger partial charge in [-0.3, -0.25) is 4.79 Å². The first-order valence-electron chi connectivity index (χ1n) is 7.59. The summed E-state index contributed by atoms with van der Waals surface area (Å²) in [6.07, 6.45) is 0. The van der Waals surface area contributed by atoms with E-state index in [9.17, 15) is 9.90 Å². The van der Waals surface area contributed by atoms with Crippen LogP contribution in [0.5, 0.6) is 5.75 Å². The van der Waals surface area contributed by atoms with Crippen molar-refractivity contribution in [3.8, 4) is 27.7 Å². The Labute approximate surface area is 145 Å². The summed E-state index contributed by atoms with van der Waals surface area (Å²) in [6.45, 7) is 0. The van der Waals surface area contributed by atoms with Crippen LogP contribution in [0.15, 0.2) is 59.4 Å². The summed E-state index contributed by atoms with van der Waals surface area (Å²) in [4.78, 5) is 13.6. The van der Waals surface area contributed by atoms with Gasteiger partial charge in [0.1, 0.15) is 11.4 Å². The SMILES string of the molecule is O=c1cc2sc3nnc(-c4ccccc4O)n3nc-2c2ccccc12. The monoisotopic (exact) mass is 346 g/mol. The Kier molecular flexibility index (Phi) is 2.86. The first-order valence-corrected chi connectivity index (χ1v) is 8.40. The Morgan fingerprint density at radius 2 is 1.72 bits per heavy atom. The lowest BCUT2D eigenvalue weighted by atomic mass is 10.1. The molecule has 6 nitrogen and oxygen atoms in total. The maximum absolute atomic E-state index is 12.3. The summed E-state index contributed by atoms with van der Waals surface area (Å²) in [7, 11) is 0. The number of para-hydroxylation sites is 1. The fourth-order valence-electron chi connectivity index (χ4n) is 2.93. The average Bonchev–Trinajstić information content (AvgIpc) is 3.04. The van der Waals surface area contributed by atoms with Crippen LogP contribution >= 0.6 is 11.3 Å². The summed E-state index contributed by atoms with van der Waals surface area (Å²) in [5, 5.41) is 24.5. The number of rotatable bonds is 1. The van der Waals surface area contributed by atoms with E-state index in [4.69, 9.17) is 0 Å². The van der Waals surface area contributed by atoms with Crippen molar-refractivity contribution in [2.75, 3.05) is 0 Å². The minimum atomic E-state index is -0.0362. The summed E-state index contributed by atoms with van der Waals surface area (Å²) in [5.74, 6) is 0.574. The molecule has 2 heterocycles. The van der Waals surface area contributed by atoms with E-state index in [0.717, 1.165) is 10.3 Å². The zero-order valence-corrected chi connectivity index (χ0v) is 13.6. The van der Waals surface area contributed by atoms with Gasteiger partial charge in [0.05, 0.1) is 10.4 Å². The number of hydrogen-bond acceptors (Lipinski definition) is 6. The van der Waals surface area contributed by atoms with Crippen molar-refractivity contribution in [3.05, 3.63) is 64.8 Å². The Bertz CT molecular complexity index is 1290. The molecule has 3 aromatic rings. The van der Waals surface area contributed by atoms with E-state index in [-0.39, 0.29) is 11.2 Å². The van der Waals surface area contributed by atoms with E-state index in [2.05, 4.69) is 15.3 Å². The largest absolute Gasteiger partial charge is 0.507 e. The van der Waals surface area contributed by atoms with E-state index in [1.807, 2.05) is 24.3 Å². The third-order valence-electron chi connectivity index (χ3n) is 4.10. The molecule has 0 spiro atoms. The van der Waals surface area contributed by atoms with Crippen molar-refractivity contribution in [1.82, 2.24) is 19.8 Å². The topological polar surface area (TPSA) is 80.4 Å². The molecule has 1 aliphatic carbocycles. The summed E-state index contributed by atoms with van der Waals surface area (Å²) in [6, 6.07) is 15.9. The molecule has 0 fully saturated rings. The molecule has 0 saturated heterocycles. The van der Waals surface area contributed by atoms with Gasteiger partial charge in [-0.2, -0.15) is 9.61 Å². The van der Waals surface area contributed by atoms with Crippen LogP contribution in [0.1, 0.15) is 0 Å². The van der Waals surface area contributed by atoms with Gasteiger partial charge in [0.25, 0.3) is 0 Å². The molecule has 0 radical (unpaired) electrons. The lowest BCUT2D eigenvalue weighted by molar-refractivity contribution is 0.476. The van der Waals surface area contributed by atoms with Crippen LogP contribution in [-0.4, -0.2) is 24.9 Å². The number of nitrogens with zero attached hydrogens (tertiary/aromatic N) is 4. The molecule has 0 bridgehead atoms. The molecule has 5 rings (SSSR count).